The summed E-state index contributed by atoms with van der Waals surface area (Å²) in [5, 5.41) is 7.76. The third-order valence-corrected chi connectivity index (χ3v) is 5.41. The van der Waals surface area contributed by atoms with Crippen molar-refractivity contribution in [3.63, 3.8) is 0 Å². The van der Waals surface area contributed by atoms with Gasteiger partial charge < -0.3 is 25.3 Å². The van der Waals surface area contributed by atoms with Crippen LogP contribution in [0.25, 0.3) is 10.9 Å². The largest absolute Gasteiger partial charge is 0.378 e. The van der Waals surface area contributed by atoms with Crippen LogP contribution >= 0.6 is 24.0 Å². The van der Waals surface area contributed by atoms with Gasteiger partial charge in [-0.05, 0) is 47.9 Å². The minimum Gasteiger partial charge on any atom is -0.378 e. The van der Waals surface area contributed by atoms with Gasteiger partial charge in [0.05, 0.1) is 13.2 Å². The Bertz CT molecular complexity index is 999. The molecule has 0 aliphatic carbocycles. The predicted molar refractivity (Wildman–Crippen MR) is 135 cm³/mol. The van der Waals surface area contributed by atoms with E-state index in [1.807, 2.05) is 12.3 Å². The minimum atomic E-state index is -0.225. The Morgan fingerprint density at radius 1 is 1.13 bits per heavy atom. The molecule has 3 aromatic rings. The van der Waals surface area contributed by atoms with Crippen LogP contribution < -0.4 is 15.5 Å². The van der Waals surface area contributed by atoms with Crippen LogP contribution in [0.15, 0.2) is 53.7 Å². The number of ether oxygens (including phenoxy) is 1. The molecule has 1 aliphatic heterocycles. The average Bonchev–Trinajstić information content (AvgIpc) is 3.19. The molecular weight excluding hydrogens is 508 g/mol. The summed E-state index contributed by atoms with van der Waals surface area (Å²) in [4.78, 5) is 9.78. The smallest absolute Gasteiger partial charge is 0.191 e. The van der Waals surface area contributed by atoms with Crippen molar-refractivity contribution in [2.24, 2.45) is 4.99 Å². The molecule has 6 nitrogen and oxygen atoms in total. The number of benzene rings is 2. The SMILES string of the molecule is CN=C(NCCc1c[nH]c2cc(F)ccc12)NCc1ccc(N2CCOCC2)cc1.I. The average molecular weight is 537 g/mol. The first-order valence-corrected chi connectivity index (χ1v) is 10.3. The maximum Gasteiger partial charge on any atom is 0.191 e. The zero-order valence-corrected chi connectivity index (χ0v) is 20.0. The molecule has 1 aromatic heterocycles. The predicted octanol–water partition coefficient (Wildman–Crippen LogP) is 3.67. The molecule has 0 atom stereocenters. The van der Waals surface area contributed by atoms with Crippen molar-refractivity contribution in [3.05, 3.63) is 65.6 Å². The molecule has 0 spiro atoms. The highest BCUT2D eigenvalue weighted by Gasteiger charge is 2.11. The number of hydrogen-bond acceptors (Lipinski definition) is 3. The molecule has 1 aliphatic rings. The third-order valence-electron chi connectivity index (χ3n) is 5.41. The number of rotatable bonds is 6. The molecule has 2 aromatic carbocycles. The summed E-state index contributed by atoms with van der Waals surface area (Å²) in [6.07, 6.45) is 2.76. The van der Waals surface area contributed by atoms with Crippen molar-refractivity contribution in [1.82, 2.24) is 15.6 Å². The lowest BCUT2D eigenvalue weighted by atomic mass is 10.1. The second-order valence-corrected chi connectivity index (χ2v) is 7.37. The lowest BCUT2D eigenvalue weighted by molar-refractivity contribution is 0.122. The molecule has 1 fully saturated rings. The molecule has 1 saturated heterocycles. The zero-order chi connectivity index (χ0) is 20.8. The third kappa shape index (κ3) is 6.10. The van der Waals surface area contributed by atoms with Gasteiger partial charge in [-0.2, -0.15) is 0 Å². The Kier molecular flexibility index (Phi) is 8.53. The van der Waals surface area contributed by atoms with Crippen LogP contribution in [-0.2, 0) is 17.7 Å². The van der Waals surface area contributed by atoms with E-state index in [1.54, 1.807) is 7.05 Å². The van der Waals surface area contributed by atoms with Crippen molar-refractivity contribution in [1.29, 1.82) is 0 Å². The Balaban J connectivity index is 0.00000272. The van der Waals surface area contributed by atoms with E-state index < -0.39 is 0 Å². The monoisotopic (exact) mass is 537 g/mol. The summed E-state index contributed by atoms with van der Waals surface area (Å²) in [7, 11) is 1.77. The van der Waals surface area contributed by atoms with Crippen LogP contribution in [-0.4, -0.2) is 50.8 Å². The van der Waals surface area contributed by atoms with E-state index in [0.29, 0.717) is 6.54 Å². The Hall–Kier alpha value is -2.33. The second-order valence-electron chi connectivity index (χ2n) is 7.37. The fraction of sp³-hybridized carbons (Fsp3) is 0.348. The quantitative estimate of drug-likeness (QED) is 0.255. The van der Waals surface area contributed by atoms with Gasteiger partial charge in [0, 0.05) is 56.0 Å². The van der Waals surface area contributed by atoms with E-state index in [-0.39, 0.29) is 29.8 Å². The molecule has 166 valence electrons. The number of nitrogens with zero attached hydrogens (tertiary/aromatic N) is 2. The van der Waals surface area contributed by atoms with Crippen LogP contribution in [0.2, 0.25) is 0 Å². The van der Waals surface area contributed by atoms with Gasteiger partial charge in [0.15, 0.2) is 5.96 Å². The first kappa shape index (κ1) is 23.3. The number of halogens is 2. The summed E-state index contributed by atoms with van der Waals surface area (Å²) in [6, 6.07) is 13.5. The van der Waals surface area contributed by atoms with Gasteiger partial charge in [-0.15, -0.1) is 24.0 Å². The molecule has 3 N–H and O–H groups in total. The molecule has 31 heavy (non-hydrogen) atoms. The summed E-state index contributed by atoms with van der Waals surface area (Å²) < 4.78 is 18.7. The van der Waals surface area contributed by atoms with Gasteiger partial charge >= 0.3 is 0 Å². The first-order chi connectivity index (χ1) is 14.7. The van der Waals surface area contributed by atoms with Crippen molar-refractivity contribution < 1.29 is 9.13 Å². The second kappa shape index (κ2) is 11.3. The van der Waals surface area contributed by atoms with Gasteiger partial charge in [-0.1, -0.05) is 12.1 Å². The van der Waals surface area contributed by atoms with E-state index in [0.717, 1.165) is 61.7 Å². The minimum absolute atomic E-state index is 0. The van der Waals surface area contributed by atoms with E-state index in [2.05, 4.69) is 49.8 Å². The number of hydrogen-bond donors (Lipinski definition) is 3. The number of anilines is 1. The van der Waals surface area contributed by atoms with E-state index in [1.165, 1.54) is 23.4 Å². The van der Waals surface area contributed by atoms with Gasteiger partial charge in [0.25, 0.3) is 0 Å². The van der Waals surface area contributed by atoms with Crippen LogP contribution in [0.1, 0.15) is 11.1 Å². The lowest BCUT2D eigenvalue weighted by Gasteiger charge is -2.28. The van der Waals surface area contributed by atoms with Crippen LogP contribution in [0.3, 0.4) is 0 Å². The molecule has 0 saturated carbocycles. The summed E-state index contributed by atoms with van der Waals surface area (Å²) in [5.41, 5.74) is 4.43. The first-order valence-electron chi connectivity index (χ1n) is 10.3. The Morgan fingerprint density at radius 3 is 2.65 bits per heavy atom. The maximum absolute atomic E-state index is 13.3. The topological polar surface area (TPSA) is 64.7 Å². The Labute approximate surface area is 199 Å². The highest BCUT2D eigenvalue weighted by atomic mass is 127. The number of aliphatic imine (C=N–C) groups is 1. The van der Waals surface area contributed by atoms with Gasteiger partial charge in [-0.25, -0.2) is 4.39 Å². The van der Waals surface area contributed by atoms with Gasteiger partial charge in [0.2, 0.25) is 0 Å². The van der Waals surface area contributed by atoms with E-state index >= 15 is 0 Å². The van der Waals surface area contributed by atoms with E-state index in [4.69, 9.17) is 4.74 Å². The summed E-state index contributed by atoms with van der Waals surface area (Å²) in [5.74, 6) is 0.537. The van der Waals surface area contributed by atoms with Crippen molar-refractivity contribution in [2.75, 3.05) is 44.8 Å². The molecule has 0 unspecified atom stereocenters. The highest BCUT2D eigenvalue weighted by molar-refractivity contribution is 14.0. The highest BCUT2D eigenvalue weighted by Crippen LogP contribution is 2.19. The maximum atomic E-state index is 13.3. The number of H-pyrrole nitrogens is 1. The fourth-order valence-corrected chi connectivity index (χ4v) is 3.73. The molecule has 0 radical (unpaired) electrons. The van der Waals surface area contributed by atoms with E-state index in [9.17, 15) is 4.39 Å². The molecule has 4 rings (SSSR count). The number of aromatic nitrogens is 1. The molecular formula is C23H29FIN5O. The molecule has 2 heterocycles. The number of guanidine groups is 1. The normalized spacial score (nSPS) is 14.4. The number of nitrogens with one attached hydrogen (secondary N) is 3. The van der Waals surface area contributed by atoms with Gasteiger partial charge in [0.1, 0.15) is 5.82 Å². The Morgan fingerprint density at radius 2 is 1.90 bits per heavy atom. The van der Waals surface area contributed by atoms with Crippen LogP contribution in [0, 0.1) is 5.82 Å². The number of aromatic amines is 1. The molecule has 0 amide bonds. The zero-order valence-electron chi connectivity index (χ0n) is 17.7. The number of fused-ring (bicyclic) bond motifs is 1. The summed E-state index contributed by atoms with van der Waals surface area (Å²) >= 11 is 0. The molecule has 0 bridgehead atoms. The number of morpholine rings is 1. The standard InChI is InChI=1S/C23H28FN5O.HI/c1-25-23(26-9-8-18-16-27-22-14-19(24)4-7-21(18)22)28-15-17-2-5-20(6-3-17)29-10-12-30-13-11-29;/h2-7,14,16,27H,8-13,15H2,1H3,(H2,25,26,28);1H. The summed E-state index contributed by atoms with van der Waals surface area (Å²) in [6.45, 7) is 4.91. The van der Waals surface area contributed by atoms with Crippen LogP contribution in [0.5, 0.6) is 0 Å². The van der Waals surface area contributed by atoms with Crippen molar-refractivity contribution in [2.45, 2.75) is 13.0 Å². The van der Waals surface area contributed by atoms with Crippen molar-refractivity contribution >= 4 is 46.5 Å². The lowest BCUT2D eigenvalue weighted by Crippen LogP contribution is -2.38. The van der Waals surface area contributed by atoms with Crippen molar-refractivity contribution in [3.8, 4) is 0 Å². The van der Waals surface area contributed by atoms with Gasteiger partial charge in [-0.3, -0.25) is 4.99 Å². The fourth-order valence-electron chi connectivity index (χ4n) is 3.73. The van der Waals surface area contributed by atoms with Crippen LogP contribution in [0.4, 0.5) is 10.1 Å². The molecule has 8 heteroatoms.